The van der Waals surface area contributed by atoms with E-state index >= 15 is 0 Å². The number of hydrogen-bond acceptors (Lipinski definition) is 3. The normalized spacial score (nSPS) is 11.0. The Labute approximate surface area is 179 Å². The average molecular weight is 415 g/mol. The number of hydrogen-bond donors (Lipinski definition) is 1. The lowest BCUT2D eigenvalue weighted by molar-refractivity contribution is -0.120. The maximum atomic E-state index is 12.2. The van der Waals surface area contributed by atoms with E-state index in [2.05, 4.69) is 10.5 Å². The summed E-state index contributed by atoms with van der Waals surface area (Å²) in [4.78, 5) is 12.2. The summed E-state index contributed by atoms with van der Waals surface area (Å²) in [5.41, 5.74) is 6.89. The van der Waals surface area contributed by atoms with Crippen molar-refractivity contribution in [1.82, 2.24) is 15.2 Å². The van der Waals surface area contributed by atoms with Crippen LogP contribution in [0.4, 0.5) is 0 Å². The van der Waals surface area contributed by atoms with Crippen LogP contribution in [0.3, 0.4) is 0 Å². The van der Waals surface area contributed by atoms with Crippen molar-refractivity contribution in [2.24, 2.45) is 5.10 Å². The minimum Gasteiger partial charge on any atom is -0.273 e. The molecule has 5 nitrogen and oxygen atoms in total. The molecule has 0 atom stereocenters. The van der Waals surface area contributed by atoms with Gasteiger partial charge in [-0.2, -0.15) is 10.2 Å². The highest BCUT2D eigenvalue weighted by Crippen LogP contribution is 2.24. The van der Waals surface area contributed by atoms with E-state index in [1.54, 1.807) is 10.9 Å². The third kappa shape index (κ3) is 4.82. The summed E-state index contributed by atoms with van der Waals surface area (Å²) >= 11 is 6.03. The number of rotatable bonds is 6. The Balaban J connectivity index is 1.57. The molecule has 6 heteroatoms. The van der Waals surface area contributed by atoms with Gasteiger partial charge in [-0.1, -0.05) is 72.3 Å². The summed E-state index contributed by atoms with van der Waals surface area (Å²) in [6.07, 6.45) is 3.76. The molecule has 0 spiro atoms. The minimum atomic E-state index is -0.180. The highest BCUT2D eigenvalue weighted by atomic mass is 35.5. The summed E-state index contributed by atoms with van der Waals surface area (Å²) in [5.74, 6) is -0.180. The van der Waals surface area contributed by atoms with Gasteiger partial charge < -0.3 is 0 Å². The van der Waals surface area contributed by atoms with Crippen LogP contribution in [0.5, 0.6) is 0 Å². The van der Waals surface area contributed by atoms with E-state index in [1.807, 2.05) is 91.1 Å². The van der Waals surface area contributed by atoms with Crippen LogP contribution in [0.25, 0.3) is 16.9 Å². The number of para-hydroxylation sites is 1. The lowest BCUT2D eigenvalue weighted by Gasteiger charge is -2.01. The zero-order chi connectivity index (χ0) is 20.8. The fourth-order valence-electron chi connectivity index (χ4n) is 3.02. The van der Waals surface area contributed by atoms with E-state index in [4.69, 9.17) is 16.7 Å². The molecule has 0 aliphatic rings. The molecule has 4 aromatic rings. The highest BCUT2D eigenvalue weighted by molar-refractivity contribution is 6.30. The van der Waals surface area contributed by atoms with Gasteiger partial charge >= 0.3 is 0 Å². The zero-order valence-electron chi connectivity index (χ0n) is 16.1. The Morgan fingerprint density at radius 3 is 2.33 bits per heavy atom. The molecule has 0 unspecified atom stereocenters. The van der Waals surface area contributed by atoms with Crippen molar-refractivity contribution >= 4 is 23.7 Å². The second kappa shape index (κ2) is 9.20. The molecule has 0 fully saturated rings. The van der Waals surface area contributed by atoms with Gasteiger partial charge in [-0.25, -0.2) is 10.1 Å². The summed E-state index contributed by atoms with van der Waals surface area (Å²) in [5, 5.41) is 9.52. The van der Waals surface area contributed by atoms with Crippen molar-refractivity contribution in [2.75, 3.05) is 0 Å². The first-order valence-electron chi connectivity index (χ1n) is 9.46. The van der Waals surface area contributed by atoms with Crippen LogP contribution in [-0.2, 0) is 11.2 Å². The van der Waals surface area contributed by atoms with Crippen LogP contribution < -0.4 is 5.43 Å². The van der Waals surface area contributed by atoms with Crippen LogP contribution in [-0.4, -0.2) is 21.9 Å². The molecule has 0 aliphatic carbocycles. The van der Waals surface area contributed by atoms with Gasteiger partial charge in [0.05, 0.1) is 18.3 Å². The van der Waals surface area contributed by atoms with Gasteiger partial charge in [0.15, 0.2) is 0 Å². The summed E-state index contributed by atoms with van der Waals surface area (Å²) in [7, 11) is 0. The molecule has 1 heterocycles. The molecule has 148 valence electrons. The molecular weight excluding hydrogens is 396 g/mol. The lowest BCUT2D eigenvalue weighted by Crippen LogP contribution is -2.19. The largest absolute Gasteiger partial charge is 0.273 e. The number of amides is 1. The second-order valence-corrected chi connectivity index (χ2v) is 7.11. The van der Waals surface area contributed by atoms with Crippen LogP contribution in [0.1, 0.15) is 11.1 Å². The lowest BCUT2D eigenvalue weighted by atomic mass is 10.1. The second-order valence-electron chi connectivity index (χ2n) is 6.68. The van der Waals surface area contributed by atoms with E-state index in [1.165, 1.54) is 0 Å². The average Bonchev–Trinajstić information content (AvgIpc) is 3.20. The van der Waals surface area contributed by atoms with Crippen molar-refractivity contribution in [3.63, 3.8) is 0 Å². The summed E-state index contributed by atoms with van der Waals surface area (Å²) in [6, 6.07) is 26.8. The van der Waals surface area contributed by atoms with Gasteiger partial charge in [0, 0.05) is 22.3 Å². The van der Waals surface area contributed by atoms with E-state index < -0.39 is 0 Å². The Hall–Kier alpha value is -3.70. The zero-order valence-corrected chi connectivity index (χ0v) is 16.8. The van der Waals surface area contributed by atoms with Crippen molar-refractivity contribution < 1.29 is 4.79 Å². The topological polar surface area (TPSA) is 59.3 Å². The molecule has 1 N–H and O–H groups in total. The third-order valence-corrected chi connectivity index (χ3v) is 4.73. The fraction of sp³-hybridized carbons (Fsp3) is 0.0417. The van der Waals surface area contributed by atoms with Crippen molar-refractivity contribution in [1.29, 1.82) is 0 Å². The first-order valence-corrected chi connectivity index (χ1v) is 9.84. The van der Waals surface area contributed by atoms with Gasteiger partial charge in [-0.05, 0) is 29.8 Å². The van der Waals surface area contributed by atoms with E-state index in [-0.39, 0.29) is 12.3 Å². The number of nitrogens with zero attached hydrogens (tertiary/aromatic N) is 3. The monoisotopic (exact) mass is 414 g/mol. The molecule has 0 aliphatic heterocycles. The standard InChI is InChI=1S/C24H19ClN4O/c25-21-13-11-19(12-14-21)24-20(17-29(28-24)22-9-5-2-6-10-22)16-26-27-23(30)15-18-7-3-1-4-8-18/h1-14,16-17H,15H2,(H,27,30). The summed E-state index contributed by atoms with van der Waals surface area (Å²) in [6.45, 7) is 0. The predicted octanol–water partition coefficient (Wildman–Crippen LogP) is 4.89. The van der Waals surface area contributed by atoms with Crippen molar-refractivity contribution in [3.8, 4) is 16.9 Å². The molecule has 0 bridgehead atoms. The van der Waals surface area contributed by atoms with Gasteiger partial charge in [0.1, 0.15) is 5.69 Å². The van der Waals surface area contributed by atoms with Crippen LogP contribution in [0, 0.1) is 0 Å². The molecular formula is C24H19ClN4O. The molecule has 30 heavy (non-hydrogen) atoms. The van der Waals surface area contributed by atoms with Gasteiger partial charge in [0.2, 0.25) is 5.91 Å². The van der Waals surface area contributed by atoms with E-state index in [0.717, 1.165) is 28.1 Å². The van der Waals surface area contributed by atoms with Gasteiger partial charge in [-0.15, -0.1) is 0 Å². The Kier molecular flexibility index (Phi) is 6.01. The number of aromatic nitrogens is 2. The SMILES string of the molecule is O=C(Cc1ccccc1)NN=Cc1cn(-c2ccccc2)nc1-c1ccc(Cl)cc1. The number of benzene rings is 3. The van der Waals surface area contributed by atoms with Gasteiger partial charge in [0.25, 0.3) is 0 Å². The van der Waals surface area contributed by atoms with Crippen molar-refractivity contribution in [3.05, 3.63) is 107 Å². The molecule has 4 rings (SSSR count). The quantitative estimate of drug-likeness (QED) is 0.361. The maximum absolute atomic E-state index is 12.2. The van der Waals surface area contributed by atoms with Crippen LogP contribution in [0.15, 0.2) is 96.2 Å². The predicted molar refractivity (Wildman–Crippen MR) is 120 cm³/mol. The number of hydrazone groups is 1. The molecule has 1 aromatic heterocycles. The number of nitrogens with one attached hydrogen (secondary N) is 1. The molecule has 0 saturated carbocycles. The minimum absolute atomic E-state index is 0.180. The maximum Gasteiger partial charge on any atom is 0.244 e. The first-order chi connectivity index (χ1) is 14.7. The van der Waals surface area contributed by atoms with Crippen LogP contribution >= 0.6 is 11.6 Å². The van der Waals surface area contributed by atoms with Crippen LogP contribution in [0.2, 0.25) is 5.02 Å². The fourth-order valence-corrected chi connectivity index (χ4v) is 3.15. The number of carbonyl (C=O) groups excluding carboxylic acids is 1. The number of halogens is 1. The molecule has 0 radical (unpaired) electrons. The van der Waals surface area contributed by atoms with E-state index in [9.17, 15) is 4.79 Å². The van der Waals surface area contributed by atoms with Crippen molar-refractivity contribution in [2.45, 2.75) is 6.42 Å². The molecule has 0 saturated heterocycles. The third-order valence-electron chi connectivity index (χ3n) is 4.48. The molecule has 1 amide bonds. The first kappa shape index (κ1) is 19.6. The Morgan fingerprint density at radius 1 is 0.967 bits per heavy atom. The smallest absolute Gasteiger partial charge is 0.244 e. The summed E-state index contributed by atoms with van der Waals surface area (Å²) < 4.78 is 1.79. The number of carbonyl (C=O) groups is 1. The Morgan fingerprint density at radius 2 is 1.63 bits per heavy atom. The molecule has 3 aromatic carbocycles. The Bertz CT molecular complexity index is 1150. The van der Waals surface area contributed by atoms with Gasteiger partial charge in [-0.3, -0.25) is 4.79 Å². The van der Waals surface area contributed by atoms with E-state index in [0.29, 0.717) is 5.02 Å². The highest BCUT2D eigenvalue weighted by Gasteiger charge is 2.11.